The molecule has 1 aromatic rings. The molecule has 1 saturated heterocycles. The van der Waals surface area contributed by atoms with Gasteiger partial charge in [-0.2, -0.15) is 0 Å². The van der Waals surface area contributed by atoms with Crippen LogP contribution in [0, 0.1) is 11.8 Å². The number of anilines is 1. The Morgan fingerprint density at radius 1 is 1.37 bits per heavy atom. The van der Waals surface area contributed by atoms with Crippen molar-refractivity contribution in [2.45, 2.75) is 33.2 Å². The molecule has 4 heteroatoms. The van der Waals surface area contributed by atoms with Crippen molar-refractivity contribution < 1.29 is 4.79 Å². The molecule has 1 aliphatic rings. The number of halogens is 1. The quantitative estimate of drug-likeness (QED) is 0.801. The Morgan fingerprint density at radius 2 is 2.05 bits per heavy atom. The summed E-state index contributed by atoms with van der Waals surface area (Å²) in [6.45, 7) is 7.33. The van der Waals surface area contributed by atoms with Crippen LogP contribution in [-0.4, -0.2) is 23.4 Å². The Balaban J connectivity index is 2.24. The molecule has 0 aliphatic carbocycles. The van der Waals surface area contributed by atoms with Crippen LogP contribution in [0.4, 0.5) is 5.69 Å². The molecule has 19 heavy (non-hydrogen) atoms. The monoisotopic (exact) mass is 280 g/mol. The van der Waals surface area contributed by atoms with Gasteiger partial charge in [-0.15, -0.1) is 0 Å². The lowest BCUT2D eigenvalue weighted by Crippen LogP contribution is -2.48. The lowest BCUT2D eigenvalue weighted by atomic mass is 9.85. The third-order valence-electron chi connectivity index (χ3n) is 4.10. The number of hydrogen-bond donors (Lipinski definition) is 1. The van der Waals surface area contributed by atoms with E-state index in [2.05, 4.69) is 20.8 Å². The highest BCUT2D eigenvalue weighted by molar-refractivity contribution is 6.33. The van der Waals surface area contributed by atoms with Crippen LogP contribution in [-0.2, 0) is 0 Å². The zero-order valence-electron chi connectivity index (χ0n) is 11.7. The fourth-order valence-corrected chi connectivity index (χ4v) is 2.94. The van der Waals surface area contributed by atoms with Crippen LogP contribution in [0.15, 0.2) is 18.2 Å². The maximum Gasteiger partial charge on any atom is 0.254 e. The van der Waals surface area contributed by atoms with E-state index in [9.17, 15) is 4.79 Å². The largest absolute Gasteiger partial charge is 0.398 e. The summed E-state index contributed by atoms with van der Waals surface area (Å²) in [6.07, 6.45) is 1.17. The summed E-state index contributed by atoms with van der Waals surface area (Å²) >= 11 is 5.90. The highest BCUT2D eigenvalue weighted by Crippen LogP contribution is 2.29. The van der Waals surface area contributed by atoms with Crippen LogP contribution in [0.3, 0.4) is 0 Å². The lowest BCUT2D eigenvalue weighted by molar-refractivity contribution is 0.0456. The molecule has 0 spiro atoms. The van der Waals surface area contributed by atoms with Crippen LogP contribution in [0.25, 0.3) is 0 Å². The summed E-state index contributed by atoms with van der Waals surface area (Å²) < 4.78 is 0. The van der Waals surface area contributed by atoms with Gasteiger partial charge in [0.05, 0.1) is 10.7 Å². The fraction of sp³-hybridized carbons (Fsp3) is 0.533. The Hall–Kier alpha value is -1.22. The molecule has 1 heterocycles. The Morgan fingerprint density at radius 3 is 2.68 bits per heavy atom. The second kappa shape index (κ2) is 5.41. The highest BCUT2D eigenvalue weighted by atomic mass is 35.5. The number of nitrogen functional groups attached to an aromatic ring is 1. The number of benzene rings is 1. The average Bonchev–Trinajstić information content (AvgIpc) is 2.36. The predicted octanol–water partition coefficient (Wildman–Crippen LogP) is 3.43. The first-order valence-electron chi connectivity index (χ1n) is 6.76. The predicted molar refractivity (Wildman–Crippen MR) is 79.3 cm³/mol. The molecule has 3 unspecified atom stereocenters. The molecular weight excluding hydrogens is 260 g/mol. The van der Waals surface area contributed by atoms with Crippen LogP contribution in [0.2, 0.25) is 5.02 Å². The van der Waals surface area contributed by atoms with E-state index in [0.717, 1.165) is 6.54 Å². The summed E-state index contributed by atoms with van der Waals surface area (Å²) in [6, 6.07) is 5.37. The molecule has 2 rings (SSSR count). The van der Waals surface area contributed by atoms with E-state index >= 15 is 0 Å². The summed E-state index contributed by atoms with van der Waals surface area (Å²) in [4.78, 5) is 14.6. The highest BCUT2D eigenvalue weighted by Gasteiger charge is 2.32. The average molecular weight is 281 g/mol. The van der Waals surface area contributed by atoms with E-state index in [-0.39, 0.29) is 11.9 Å². The van der Waals surface area contributed by atoms with Gasteiger partial charge in [0.2, 0.25) is 0 Å². The molecule has 104 valence electrons. The number of carbonyl (C=O) groups excluding carboxylic acids is 1. The van der Waals surface area contributed by atoms with Gasteiger partial charge in [-0.3, -0.25) is 4.79 Å². The van der Waals surface area contributed by atoms with E-state index in [1.807, 2.05) is 4.90 Å². The maximum absolute atomic E-state index is 12.6. The molecule has 3 nitrogen and oxygen atoms in total. The molecular formula is C15H21ClN2O. The van der Waals surface area contributed by atoms with E-state index in [1.54, 1.807) is 18.2 Å². The second-order valence-electron chi connectivity index (χ2n) is 5.75. The van der Waals surface area contributed by atoms with Gasteiger partial charge in [-0.25, -0.2) is 0 Å². The molecule has 0 aromatic heterocycles. The Labute approximate surface area is 119 Å². The number of piperidine rings is 1. The van der Waals surface area contributed by atoms with Crippen LogP contribution in [0.1, 0.15) is 37.6 Å². The number of carbonyl (C=O) groups is 1. The summed E-state index contributed by atoms with van der Waals surface area (Å²) in [7, 11) is 0. The minimum atomic E-state index is 0.0502. The fourth-order valence-electron chi connectivity index (χ4n) is 2.83. The second-order valence-corrected chi connectivity index (χ2v) is 6.16. The smallest absolute Gasteiger partial charge is 0.254 e. The van der Waals surface area contributed by atoms with E-state index < -0.39 is 0 Å². The number of rotatable bonds is 1. The third-order valence-corrected chi connectivity index (χ3v) is 4.45. The van der Waals surface area contributed by atoms with E-state index in [1.165, 1.54) is 6.42 Å². The summed E-state index contributed by atoms with van der Waals surface area (Å²) in [5, 5.41) is 0.491. The third kappa shape index (κ3) is 2.86. The van der Waals surface area contributed by atoms with Crippen molar-refractivity contribution in [2.75, 3.05) is 12.3 Å². The SMILES string of the molecule is CC1CC(C)C(C)N(C(=O)c2ccc(Cl)c(N)c2)C1. The number of nitrogens with zero attached hydrogens (tertiary/aromatic N) is 1. The first-order valence-corrected chi connectivity index (χ1v) is 7.14. The lowest BCUT2D eigenvalue weighted by Gasteiger charge is -2.41. The number of likely N-dealkylation sites (tertiary alicyclic amines) is 1. The van der Waals surface area contributed by atoms with Gasteiger partial charge in [-0.05, 0) is 43.4 Å². The Kier molecular flexibility index (Phi) is 4.04. The summed E-state index contributed by atoms with van der Waals surface area (Å²) in [5.41, 5.74) is 6.85. The van der Waals surface area contributed by atoms with Gasteiger partial charge in [0.1, 0.15) is 0 Å². The standard InChI is InChI=1S/C15H21ClN2O/c1-9-6-10(2)11(3)18(8-9)15(19)12-4-5-13(16)14(17)7-12/h4-5,7,9-11H,6,8,17H2,1-3H3. The number of hydrogen-bond acceptors (Lipinski definition) is 2. The summed E-state index contributed by atoms with van der Waals surface area (Å²) in [5.74, 6) is 1.12. The van der Waals surface area contributed by atoms with Gasteiger partial charge in [-0.1, -0.05) is 25.4 Å². The first kappa shape index (κ1) is 14.2. The Bertz CT molecular complexity index is 489. The molecule has 0 bridgehead atoms. The number of amides is 1. The molecule has 2 N–H and O–H groups in total. The molecule has 0 radical (unpaired) electrons. The van der Waals surface area contributed by atoms with Crippen molar-refractivity contribution in [3.63, 3.8) is 0 Å². The van der Waals surface area contributed by atoms with Gasteiger partial charge in [0.15, 0.2) is 0 Å². The van der Waals surface area contributed by atoms with Crippen molar-refractivity contribution in [3.05, 3.63) is 28.8 Å². The van der Waals surface area contributed by atoms with Crippen molar-refractivity contribution in [2.24, 2.45) is 11.8 Å². The van der Waals surface area contributed by atoms with Crippen molar-refractivity contribution in [3.8, 4) is 0 Å². The van der Waals surface area contributed by atoms with Gasteiger partial charge < -0.3 is 10.6 Å². The zero-order chi connectivity index (χ0) is 14.2. The van der Waals surface area contributed by atoms with E-state index in [0.29, 0.717) is 28.1 Å². The van der Waals surface area contributed by atoms with Gasteiger partial charge in [0, 0.05) is 18.2 Å². The minimum absolute atomic E-state index is 0.0502. The molecule has 3 atom stereocenters. The number of nitrogens with two attached hydrogens (primary N) is 1. The first-order chi connectivity index (χ1) is 8.90. The van der Waals surface area contributed by atoms with Crippen molar-refractivity contribution in [1.29, 1.82) is 0 Å². The topological polar surface area (TPSA) is 46.3 Å². The van der Waals surface area contributed by atoms with Gasteiger partial charge >= 0.3 is 0 Å². The molecule has 1 amide bonds. The van der Waals surface area contributed by atoms with Gasteiger partial charge in [0.25, 0.3) is 5.91 Å². The van der Waals surface area contributed by atoms with Crippen LogP contribution >= 0.6 is 11.6 Å². The maximum atomic E-state index is 12.6. The van der Waals surface area contributed by atoms with Crippen molar-refractivity contribution in [1.82, 2.24) is 4.90 Å². The molecule has 0 saturated carbocycles. The van der Waals surface area contributed by atoms with E-state index in [4.69, 9.17) is 17.3 Å². The van der Waals surface area contributed by atoms with Crippen LogP contribution in [0.5, 0.6) is 0 Å². The zero-order valence-corrected chi connectivity index (χ0v) is 12.4. The van der Waals surface area contributed by atoms with Crippen molar-refractivity contribution >= 4 is 23.2 Å². The molecule has 1 fully saturated rings. The minimum Gasteiger partial charge on any atom is -0.398 e. The molecule has 1 aliphatic heterocycles. The van der Waals surface area contributed by atoms with Crippen LogP contribution < -0.4 is 5.73 Å². The molecule has 1 aromatic carbocycles. The normalized spacial score (nSPS) is 27.4.